The van der Waals surface area contributed by atoms with Crippen molar-refractivity contribution in [1.82, 2.24) is 5.32 Å². The summed E-state index contributed by atoms with van der Waals surface area (Å²) in [5.41, 5.74) is -0.00608. The summed E-state index contributed by atoms with van der Waals surface area (Å²) in [5, 5.41) is 2.72. The van der Waals surface area contributed by atoms with Gasteiger partial charge in [0, 0.05) is 6.54 Å². The Morgan fingerprint density at radius 2 is 1.95 bits per heavy atom. The molecule has 1 aromatic rings. The summed E-state index contributed by atoms with van der Waals surface area (Å²) in [6.07, 6.45) is 0.413. The van der Waals surface area contributed by atoms with Gasteiger partial charge in [-0.25, -0.2) is 0 Å². The van der Waals surface area contributed by atoms with Gasteiger partial charge in [0.2, 0.25) is 5.91 Å². The molecule has 1 fully saturated rings. The topological polar surface area (TPSA) is 38.3 Å². The monoisotopic (exact) mass is 323 g/mol. The maximum absolute atomic E-state index is 12.0. The third-order valence-electron chi connectivity index (χ3n) is 3.36. The second-order valence-electron chi connectivity index (χ2n) is 4.92. The molecule has 1 aliphatic rings. The maximum atomic E-state index is 12.0. The van der Waals surface area contributed by atoms with Crippen molar-refractivity contribution in [1.29, 1.82) is 0 Å². The second-order valence-corrected chi connectivity index (χ2v) is 6.40. The molecule has 1 aliphatic carbocycles. The molecule has 0 aliphatic heterocycles. The summed E-state index contributed by atoms with van der Waals surface area (Å²) in [4.78, 5) is 11.9. The highest BCUT2D eigenvalue weighted by Gasteiger charge is 2.67. The van der Waals surface area contributed by atoms with Crippen LogP contribution in [0.15, 0.2) is 24.3 Å². The Morgan fingerprint density at radius 1 is 1.40 bits per heavy atom. The van der Waals surface area contributed by atoms with E-state index in [-0.39, 0.29) is 18.2 Å². The van der Waals surface area contributed by atoms with Crippen molar-refractivity contribution < 1.29 is 18.3 Å². The van der Waals surface area contributed by atoms with Crippen LogP contribution in [0.5, 0.6) is 5.75 Å². The second kappa shape index (κ2) is 5.37. The van der Waals surface area contributed by atoms with Crippen LogP contribution < -0.4 is 10.1 Å². The van der Waals surface area contributed by atoms with Gasteiger partial charge in [0.25, 0.3) is 0 Å². The lowest BCUT2D eigenvalue weighted by Gasteiger charge is -2.13. The fourth-order valence-corrected chi connectivity index (χ4v) is 2.52. The minimum atomic E-state index is -2.85. The molecule has 20 heavy (non-hydrogen) atoms. The van der Waals surface area contributed by atoms with Crippen LogP contribution in [-0.2, 0) is 11.3 Å². The molecular formula is C13H13Cl2F2NO2. The number of hydrogen-bond acceptors (Lipinski definition) is 2. The first-order valence-electron chi connectivity index (χ1n) is 5.94. The van der Waals surface area contributed by atoms with Crippen molar-refractivity contribution in [3.8, 4) is 5.75 Å². The van der Waals surface area contributed by atoms with Gasteiger partial charge >= 0.3 is 6.61 Å². The van der Waals surface area contributed by atoms with Crippen LogP contribution >= 0.6 is 23.2 Å². The zero-order valence-electron chi connectivity index (χ0n) is 10.6. The molecule has 1 saturated carbocycles. The maximum Gasteiger partial charge on any atom is 0.387 e. The smallest absolute Gasteiger partial charge is 0.387 e. The van der Waals surface area contributed by atoms with E-state index in [4.69, 9.17) is 23.2 Å². The molecule has 0 heterocycles. The summed E-state index contributed by atoms with van der Waals surface area (Å²) >= 11 is 11.8. The predicted molar refractivity (Wildman–Crippen MR) is 72.1 cm³/mol. The van der Waals surface area contributed by atoms with Gasteiger partial charge in [-0.3, -0.25) is 4.79 Å². The molecule has 110 valence electrons. The van der Waals surface area contributed by atoms with E-state index in [1.165, 1.54) is 12.1 Å². The highest BCUT2D eigenvalue weighted by Crippen LogP contribution is 2.63. The first kappa shape index (κ1) is 15.3. The van der Waals surface area contributed by atoms with E-state index in [0.717, 1.165) is 5.56 Å². The average molecular weight is 324 g/mol. The van der Waals surface area contributed by atoms with E-state index in [2.05, 4.69) is 10.1 Å². The van der Waals surface area contributed by atoms with Crippen LogP contribution in [0.1, 0.15) is 18.9 Å². The van der Waals surface area contributed by atoms with Gasteiger partial charge in [0.1, 0.15) is 10.1 Å². The van der Waals surface area contributed by atoms with E-state index in [0.29, 0.717) is 6.42 Å². The summed E-state index contributed by atoms with van der Waals surface area (Å²) < 4.78 is 27.2. The zero-order chi connectivity index (χ0) is 15.0. The largest absolute Gasteiger partial charge is 0.435 e. The third kappa shape index (κ3) is 3.15. The van der Waals surface area contributed by atoms with Gasteiger partial charge in [0.05, 0.1) is 5.41 Å². The van der Waals surface area contributed by atoms with E-state index >= 15 is 0 Å². The quantitative estimate of drug-likeness (QED) is 0.842. The van der Waals surface area contributed by atoms with Gasteiger partial charge < -0.3 is 10.1 Å². The van der Waals surface area contributed by atoms with Gasteiger partial charge in [-0.1, -0.05) is 12.1 Å². The van der Waals surface area contributed by atoms with Crippen LogP contribution in [0.2, 0.25) is 0 Å². The molecular weight excluding hydrogens is 311 g/mol. The standard InChI is InChI=1S/C13H13Cl2F2NO2/c1-12(7-13(12,14)15)10(19)18-6-8-2-4-9(5-3-8)20-11(16)17/h2-5,11H,6-7H2,1H3,(H,18,19). The van der Waals surface area contributed by atoms with Crippen molar-refractivity contribution in [2.24, 2.45) is 5.41 Å². The molecule has 1 atom stereocenters. The summed E-state index contributed by atoms with van der Waals surface area (Å²) in [7, 11) is 0. The van der Waals surface area contributed by atoms with E-state index < -0.39 is 16.4 Å². The number of rotatable bonds is 5. The molecule has 1 unspecified atom stereocenters. The zero-order valence-corrected chi connectivity index (χ0v) is 12.1. The van der Waals surface area contributed by atoms with Crippen LogP contribution in [-0.4, -0.2) is 16.9 Å². The lowest BCUT2D eigenvalue weighted by atomic mass is 10.1. The first-order valence-corrected chi connectivity index (χ1v) is 6.70. The number of ether oxygens (including phenoxy) is 1. The molecule has 1 N–H and O–H groups in total. The van der Waals surface area contributed by atoms with Crippen molar-refractivity contribution in [3.63, 3.8) is 0 Å². The van der Waals surface area contributed by atoms with E-state index in [1.807, 2.05) is 0 Å². The lowest BCUT2D eigenvalue weighted by molar-refractivity contribution is -0.125. The minimum absolute atomic E-state index is 0.0739. The molecule has 7 heteroatoms. The van der Waals surface area contributed by atoms with Crippen molar-refractivity contribution in [2.75, 3.05) is 0 Å². The molecule has 2 rings (SSSR count). The Hall–Kier alpha value is -1.07. The van der Waals surface area contributed by atoms with Gasteiger partial charge in [-0.05, 0) is 31.0 Å². The Morgan fingerprint density at radius 3 is 2.40 bits per heavy atom. The lowest BCUT2D eigenvalue weighted by Crippen LogP contribution is -2.32. The summed E-state index contributed by atoms with van der Waals surface area (Å²) in [5.74, 6) is -0.153. The number of nitrogens with one attached hydrogen (secondary N) is 1. The van der Waals surface area contributed by atoms with Gasteiger partial charge in [0.15, 0.2) is 0 Å². The van der Waals surface area contributed by atoms with Crippen LogP contribution in [0.3, 0.4) is 0 Å². The fraction of sp³-hybridized carbons (Fsp3) is 0.462. The first-order chi connectivity index (χ1) is 9.24. The SMILES string of the molecule is CC1(C(=O)NCc2ccc(OC(F)F)cc2)CC1(Cl)Cl. The number of hydrogen-bond donors (Lipinski definition) is 1. The van der Waals surface area contributed by atoms with Crippen molar-refractivity contribution in [3.05, 3.63) is 29.8 Å². The molecule has 1 amide bonds. The summed E-state index contributed by atoms with van der Waals surface area (Å²) in [6, 6.07) is 6.03. The highest BCUT2D eigenvalue weighted by molar-refractivity contribution is 6.53. The van der Waals surface area contributed by atoms with E-state index in [9.17, 15) is 13.6 Å². The summed E-state index contributed by atoms with van der Waals surface area (Å²) in [6.45, 7) is -0.884. The third-order valence-corrected chi connectivity index (χ3v) is 4.46. The van der Waals surface area contributed by atoms with Crippen molar-refractivity contribution >= 4 is 29.1 Å². The number of carbonyl (C=O) groups is 1. The Kier molecular flexibility index (Phi) is 4.12. The molecule has 3 nitrogen and oxygen atoms in total. The minimum Gasteiger partial charge on any atom is -0.435 e. The number of benzene rings is 1. The number of halogens is 4. The number of amides is 1. The van der Waals surface area contributed by atoms with E-state index in [1.54, 1.807) is 19.1 Å². The van der Waals surface area contributed by atoms with Crippen LogP contribution in [0.25, 0.3) is 0 Å². The van der Waals surface area contributed by atoms with Crippen LogP contribution in [0, 0.1) is 5.41 Å². The molecule has 0 radical (unpaired) electrons. The molecule has 0 saturated heterocycles. The number of alkyl halides is 4. The molecule has 0 spiro atoms. The Labute approximate surface area is 125 Å². The highest BCUT2D eigenvalue weighted by atomic mass is 35.5. The number of carbonyl (C=O) groups excluding carboxylic acids is 1. The van der Waals surface area contributed by atoms with Gasteiger partial charge in [-0.15, -0.1) is 23.2 Å². The average Bonchev–Trinajstić information content (AvgIpc) is 2.88. The molecule has 0 aromatic heterocycles. The molecule has 1 aromatic carbocycles. The molecule has 0 bridgehead atoms. The van der Waals surface area contributed by atoms with Crippen molar-refractivity contribution in [2.45, 2.75) is 30.8 Å². The Balaban J connectivity index is 1.87. The van der Waals surface area contributed by atoms with Gasteiger partial charge in [-0.2, -0.15) is 8.78 Å². The van der Waals surface area contributed by atoms with Crippen LogP contribution in [0.4, 0.5) is 8.78 Å². The fourth-order valence-electron chi connectivity index (χ4n) is 1.81. The normalized spacial score (nSPS) is 23.5. The Bertz CT molecular complexity index is 508. The predicted octanol–water partition coefficient (Wildman–Crippen LogP) is 3.49.